The molecule has 0 aromatic heterocycles. The molecule has 1 rings (SSSR count). The maximum atomic E-state index is 12.1. The van der Waals surface area contributed by atoms with E-state index in [2.05, 4.69) is 12.2 Å². The lowest BCUT2D eigenvalue weighted by atomic mass is 9.87. The van der Waals surface area contributed by atoms with E-state index in [0.717, 1.165) is 19.3 Å². The Balaban J connectivity index is 2.41. The Morgan fingerprint density at radius 1 is 1.33 bits per heavy atom. The van der Waals surface area contributed by atoms with E-state index >= 15 is 0 Å². The van der Waals surface area contributed by atoms with Gasteiger partial charge < -0.3 is 5.32 Å². The van der Waals surface area contributed by atoms with Crippen LogP contribution < -0.4 is 5.32 Å². The summed E-state index contributed by atoms with van der Waals surface area (Å²) >= 11 is 0. The van der Waals surface area contributed by atoms with E-state index in [1.54, 1.807) is 7.05 Å². The van der Waals surface area contributed by atoms with E-state index in [1.807, 2.05) is 0 Å². The number of alkyl halides is 3. The van der Waals surface area contributed by atoms with Gasteiger partial charge in [0.25, 0.3) is 0 Å². The van der Waals surface area contributed by atoms with Crippen LogP contribution in [0.2, 0.25) is 0 Å². The summed E-state index contributed by atoms with van der Waals surface area (Å²) in [4.78, 5) is 0. The van der Waals surface area contributed by atoms with Gasteiger partial charge >= 0.3 is 6.18 Å². The summed E-state index contributed by atoms with van der Waals surface area (Å²) in [5.41, 5.74) is 0. The largest absolute Gasteiger partial charge is 0.389 e. The van der Waals surface area contributed by atoms with Gasteiger partial charge in [0.2, 0.25) is 0 Å². The minimum Gasteiger partial charge on any atom is -0.317 e. The second kappa shape index (κ2) is 5.19. The molecule has 0 radical (unpaired) electrons. The Morgan fingerprint density at radius 2 is 2.00 bits per heavy atom. The molecule has 0 aliphatic heterocycles. The van der Waals surface area contributed by atoms with Gasteiger partial charge in [0, 0.05) is 12.5 Å². The zero-order valence-electron chi connectivity index (χ0n) is 9.40. The zero-order chi connectivity index (χ0) is 11.5. The monoisotopic (exact) mass is 223 g/mol. The maximum absolute atomic E-state index is 12.1. The van der Waals surface area contributed by atoms with E-state index in [9.17, 15) is 13.2 Å². The van der Waals surface area contributed by atoms with Crippen LogP contribution in [0.25, 0.3) is 0 Å². The van der Waals surface area contributed by atoms with Gasteiger partial charge in [-0.3, -0.25) is 0 Å². The van der Waals surface area contributed by atoms with E-state index in [-0.39, 0.29) is 12.5 Å². The molecule has 3 unspecified atom stereocenters. The van der Waals surface area contributed by atoms with Crippen molar-refractivity contribution in [3.63, 3.8) is 0 Å². The van der Waals surface area contributed by atoms with Crippen molar-refractivity contribution in [2.45, 2.75) is 51.2 Å². The number of rotatable bonds is 4. The molecule has 1 aliphatic rings. The fourth-order valence-electron chi connectivity index (χ4n) is 2.66. The Bertz CT molecular complexity index is 191. The standard InChI is InChI=1S/C11H20F3N/c1-8-4-3-5-9(8)10(15-2)6-7-11(12,13)14/h8-10,15H,3-7H2,1-2H3. The molecule has 1 fully saturated rings. The summed E-state index contributed by atoms with van der Waals surface area (Å²) in [5.74, 6) is 0.994. The fourth-order valence-corrected chi connectivity index (χ4v) is 2.66. The molecule has 0 amide bonds. The lowest BCUT2D eigenvalue weighted by Gasteiger charge is -2.27. The molecule has 1 N–H and O–H groups in total. The summed E-state index contributed by atoms with van der Waals surface area (Å²) < 4.78 is 36.3. The average Bonchev–Trinajstić information content (AvgIpc) is 2.52. The van der Waals surface area contributed by atoms with Gasteiger partial charge in [-0.2, -0.15) is 13.2 Å². The van der Waals surface area contributed by atoms with E-state index < -0.39 is 12.6 Å². The first-order valence-electron chi connectivity index (χ1n) is 5.68. The van der Waals surface area contributed by atoms with E-state index in [0.29, 0.717) is 11.8 Å². The van der Waals surface area contributed by atoms with Gasteiger partial charge in [0.15, 0.2) is 0 Å². The molecule has 3 atom stereocenters. The Labute approximate surface area is 89.4 Å². The van der Waals surface area contributed by atoms with Gasteiger partial charge in [-0.25, -0.2) is 0 Å². The minimum atomic E-state index is -4.02. The van der Waals surface area contributed by atoms with Crippen molar-refractivity contribution in [2.75, 3.05) is 7.05 Å². The molecule has 0 heterocycles. The number of hydrogen-bond donors (Lipinski definition) is 1. The lowest BCUT2D eigenvalue weighted by Crippen LogP contribution is -2.36. The first kappa shape index (κ1) is 12.8. The van der Waals surface area contributed by atoms with Crippen molar-refractivity contribution in [1.29, 1.82) is 0 Å². The molecule has 90 valence electrons. The van der Waals surface area contributed by atoms with Crippen LogP contribution in [0.5, 0.6) is 0 Å². The van der Waals surface area contributed by atoms with Gasteiger partial charge in [0.1, 0.15) is 0 Å². The Morgan fingerprint density at radius 3 is 2.40 bits per heavy atom. The molecule has 0 saturated heterocycles. The fraction of sp³-hybridized carbons (Fsp3) is 1.00. The number of nitrogens with one attached hydrogen (secondary N) is 1. The van der Waals surface area contributed by atoms with Gasteiger partial charge in [0.05, 0.1) is 0 Å². The molecule has 15 heavy (non-hydrogen) atoms. The van der Waals surface area contributed by atoms with Crippen molar-refractivity contribution < 1.29 is 13.2 Å². The van der Waals surface area contributed by atoms with E-state index in [4.69, 9.17) is 0 Å². The summed E-state index contributed by atoms with van der Waals surface area (Å²) in [6.45, 7) is 2.15. The number of halogens is 3. The smallest absolute Gasteiger partial charge is 0.317 e. The molecule has 0 aromatic rings. The molecular weight excluding hydrogens is 203 g/mol. The first-order chi connectivity index (χ1) is 6.94. The first-order valence-corrected chi connectivity index (χ1v) is 5.68. The highest BCUT2D eigenvalue weighted by Crippen LogP contribution is 2.36. The normalized spacial score (nSPS) is 29.4. The van der Waals surface area contributed by atoms with E-state index in [1.165, 1.54) is 0 Å². The van der Waals surface area contributed by atoms with Crippen LogP contribution in [-0.4, -0.2) is 19.3 Å². The van der Waals surface area contributed by atoms with Crippen molar-refractivity contribution in [1.82, 2.24) is 5.32 Å². The molecular formula is C11H20F3N. The van der Waals surface area contributed by atoms with Gasteiger partial charge in [-0.15, -0.1) is 0 Å². The average molecular weight is 223 g/mol. The van der Waals surface area contributed by atoms with Gasteiger partial charge in [-0.1, -0.05) is 19.8 Å². The molecule has 1 nitrogen and oxygen atoms in total. The third kappa shape index (κ3) is 4.01. The highest BCUT2D eigenvalue weighted by atomic mass is 19.4. The summed E-state index contributed by atoms with van der Waals surface area (Å²) in [7, 11) is 1.77. The zero-order valence-corrected chi connectivity index (χ0v) is 9.40. The number of hydrogen-bond acceptors (Lipinski definition) is 1. The minimum absolute atomic E-state index is 0.0316. The lowest BCUT2D eigenvalue weighted by molar-refractivity contribution is -0.137. The molecule has 0 spiro atoms. The SMILES string of the molecule is CNC(CCC(F)(F)F)C1CCCC1C. The van der Waals surface area contributed by atoms with Crippen LogP contribution >= 0.6 is 0 Å². The quantitative estimate of drug-likeness (QED) is 0.770. The highest BCUT2D eigenvalue weighted by Gasteiger charge is 2.33. The highest BCUT2D eigenvalue weighted by molar-refractivity contribution is 4.84. The van der Waals surface area contributed by atoms with Gasteiger partial charge in [-0.05, 0) is 31.7 Å². The predicted octanol–water partition coefficient (Wildman–Crippen LogP) is 3.35. The van der Waals surface area contributed by atoms with Crippen LogP contribution in [0.1, 0.15) is 39.0 Å². The maximum Gasteiger partial charge on any atom is 0.389 e. The van der Waals surface area contributed by atoms with Crippen LogP contribution in [0, 0.1) is 11.8 Å². The Kier molecular flexibility index (Phi) is 4.44. The molecule has 1 aliphatic carbocycles. The van der Waals surface area contributed by atoms with Crippen molar-refractivity contribution >= 4 is 0 Å². The van der Waals surface area contributed by atoms with Crippen LogP contribution in [0.15, 0.2) is 0 Å². The predicted molar refractivity (Wildman–Crippen MR) is 54.6 cm³/mol. The second-order valence-corrected chi connectivity index (χ2v) is 4.62. The summed E-state index contributed by atoms with van der Waals surface area (Å²) in [6.07, 6.45) is -1.07. The van der Waals surface area contributed by atoms with Crippen molar-refractivity contribution in [3.05, 3.63) is 0 Å². The van der Waals surface area contributed by atoms with Crippen LogP contribution in [0.4, 0.5) is 13.2 Å². The summed E-state index contributed by atoms with van der Waals surface area (Å²) in [6, 6.07) is 0.0316. The molecule has 1 saturated carbocycles. The molecule has 4 heteroatoms. The van der Waals surface area contributed by atoms with Crippen LogP contribution in [-0.2, 0) is 0 Å². The third-order valence-electron chi connectivity index (χ3n) is 3.55. The Hall–Kier alpha value is -0.250. The topological polar surface area (TPSA) is 12.0 Å². The van der Waals surface area contributed by atoms with Crippen LogP contribution in [0.3, 0.4) is 0 Å². The molecule has 0 bridgehead atoms. The summed E-state index contributed by atoms with van der Waals surface area (Å²) in [5, 5.41) is 3.05. The van der Waals surface area contributed by atoms with Crippen molar-refractivity contribution in [3.8, 4) is 0 Å². The molecule has 0 aromatic carbocycles. The van der Waals surface area contributed by atoms with Crippen molar-refractivity contribution in [2.24, 2.45) is 11.8 Å². The second-order valence-electron chi connectivity index (χ2n) is 4.62. The third-order valence-corrected chi connectivity index (χ3v) is 3.55.